The minimum absolute atomic E-state index is 0.0705. The molecule has 0 radical (unpaired) electrons. The number of unbranched alkanes of at least 4 members (excludes halogenated alkanes) is 14. The molecule has 0 saturated heterocycles. The second-order valence-electron chi connectivity index (χ2n) is 12.9. The van der Waals surface area contributed by atoms with Crippen molar-refractivity contribution in [2.45, 2.75) is 164 Å². The first kappa shape index (κ1) is 36.2. The Balaban J connectivity index is 2.08. The molecular weight excluding hydrogens is 488 g/mol. The highest BCUT2D eigenvalue weighted by molar-refractivity contribution is 5.69. The summed E-state index contributed by atoms with van der Waals surface area (Å²) in [7, 11) is 0. The third-order valence-corrected chi connectivity index (χ3v) is 8.41. The summed E-state index contributed by atoms with van der Waals surface area (Å²) in [5, 5.41) is 0. The number of carbonyl (C=O) groups excluding carboxylic acids is 1. The van der Waals surface area contributed by atoms with Crippen LogP contribution in [0.1, 0.15) is 164 Å². The number of esters is 1. The molecular formula is C38H64O2. The predicted molar refractivity (Wildman–Crippen MR) is 177 cm³/mol. The number of hydrogen-bond donors (Lipinski definition) is 0. The Bertz CT molecular complexity index is 834. The van der Waals surface area contributed by atoms with Gasteiger partial charge in [-0.15, -0.1) is 0 Å². The van der Waals surface area contributed by atoms with Gasteiger partial charge in [0.15, 0.2) is 0 Å². The SMILES string of the molecule is CCCCCCCCCCCCCCCCCC(=O)OC/C=C(C)/C=C/C=C(C)/C=C/C1=C(C)CCCC1(C)C. The van der Waals surface area contributed by atoms with Crippen LogP contribution in [0.3, 0.4) is 0 Å². The second kappa shape index (κ2) is 22.8. The number of allylic oxidation sites excluding steroid dienone is 9. The van der Waals surface area contributed by atoms with Gasteiger partial charge in [0.05, 0.1) is 0 Å². The molecule has 0 aromatic carbocycles. The van der Waals surface area contributed by atoms with Gasteiger partial charge in [0, 0.05) is 6.42 Å². The van der Waals surface area contributed by atoms with E-state index in [0.29, 0.717) is 13.0 Å². The summed E-state index contributed by atoms with van der Waals surface area (Å²) in [6, 6.07) is 0. The first-order valence-electron chi connectivity index (χ1n) is 16.8. The summed E-state index contributed by atoms with van der Waals surface area (Å²) in [5.74, 6) is -0.0705. The van der Waals surface area contributed by atoms with Crippen LogP contribution in [-0.4, -0.2) is 12.6 Å². The fourth-order valence-electron chi connectivity index (χ4n) is 5.68. The number of ether oxygens (including phenoxy) is 1. The van der Waals surface area contributed by atoms with E-state index in [0.717, 1.165) is 18.4 Å². The predicted octanol–water partition coefficient (Wildman–Crippen LogP) is 12.3. The topological polar surface area (TPSA) is 26.3 Å². The Morgan fingerprint density at radius 2 is 1.35 bits per heavy atom. The molecule has 1 aliphatic rings. The van der Waals surface area contributed by atoms with Crippen LogP contribution in [0, 0.1) is 5.41 Å². The summed E-state index contributed by atoms with van der Waals surface area (Å²) < 4.78 is 5.41. The summed E-state index contributed by atoms with van der Waals surface area (Å²) in [4.78, 5) is 12.0. The highest BCUT2D eigenvalue weighted by atomic mass is 16.5. The first-order chi connectivity index (χ1) is 19.3. The molecule has 0 aromatic rings. The molecule has 0 atom stereocenters. The molecule has 2 nitrogen and oxygen atoms in total. The van der Waals surface area contributed by atoms with Crippen molar-refractivity contribution in [1.29, 1.82) is 0 Å². The Morgan fingerprint density at radius 1 is 0.800 bits per heavy atom. The minimum atomic E-state index is -0.0705. The van der Waals surface area contributed by atoms with Crippen LogP contribution in [0.5, 0.6) is 0 Å². The van der Waals surface area contributed by atoms with Crippen LogP contribution in [-0.2, 0) is 9.53 Å². The Kier molecular flexibility index (Phi) is 20.6. The van der Waals surface area contributed by atoms with Crippen LogP contribution in [0.25, 0.3) is 0 Å². The van der Waals surface area contributed by atoms with E-state index in [1.54, 1.807) is 0 Å². The molecule has 0 saturated carbocycles. The molecule has 0 bridgehead atoms. The molecule has 0 unspecified atom stereocenters. The smallest absolute Gasteiger partial charge is 0.306 e. The molecule has 2 heteroatoms. The number of hydrogen-bond acceptors (Lipinski definition) is 2. The quantitative estimate of drug-likeness (QED) is 0.0758. The second-order valence-corrected chi connectivity index (χ2v) is 12.9. The molecule has 40 heavy (non-hydrogen) atoms. The van der Waals surface area contributed by atoms with Gasteiger partial charge in [-0.25, -0.2) is 0 Å². The van der Waals surface area contributed by atoms with Crippen molar-refractivity contribution in [1.82, 2.24) is 0 Å². The third kappa shape index (κ3) is 18.5. The van der Waals surface area contributed by atoms with Gasteiger partial charge in [-0.2, -0.15) is 0 Å². The summed E-state index contributed by atoms with van der Waals surface area (Å²) in [6.45, 7) is 13.8. The molecule has 1 aliphatic carbocycles. The van der Waals surface area contributed by atoms with Crippen LogP contribution < -0.4 is 0 Å². The summed E-state index contributed by atoms with van der Waals surface area (Å²) in [6.07, 6.45) is 37.2. The van der Waals surface area contributed by atoms with Gasteiger partial charge in [-0.3, -0.25) is 4.79 Å². The van der Waals surface area contributed by atoms with Crippen LogP contribution in [0.4, 0.5) is 0 Å². The first-order valence-corrected chi connectivity index (χ1v) is 16.8. The van der Waals surface area contributed by atoms with E-state index in [9.17, 15) is 4.79 Å². The van der Waals surface area contributed by atoms with Gasteiger partial charge >= 0.3 is 5.97 Å². The van der Waals surface area contributed by atoms with Crippen molar-refractivity contribution in [3.05, 3.63) is 58.7 Å². The highest BCUT2D eigenvalue weighted by Gasteiger charge is 2.26. The Morgan fingerprint density at radius 3 is 1.90 bits per heavy atom. The van der Waals surface area contributed by atoms with Crippen molar-refractivity contribution in [2.75, 3.05) is 6.61 Å². The number of rotatable bonds is 22. The van der Waals surface area contributed by atoms with Crippen molar-refractivity contribution in [2.24, 2.45) is 5.41 Å². The molecule has 0 amide bonds. The van der Waals surface area contributed by atoms with Crippen LogP contribution >= 0.6 is 0 Å². The maximum Gasteiger partial charge on any atom is 0.306 e. The molecule has 0 N–H and O–H groups in total. The van der Waals surface area contributed by atoms with E-state index in [2.05, 4.69) is 71.9 Å². The Hall–Kier alpha value is -1.83. The summed E-state index contributed by atoms with van der Waals surface area (Å²) in [5.41, 5.74) is 5.65. The lowest BCUT2D eigenvalue weighted by molar-refractivity contribution is -0.142. The Labute approximate surface area is 249 Å². The largest absolute Gasteiger partial charge is 0.461 e. The van der Waals surface area contributed by atoms with Gasteiger partial charge in [-0.1, -0.05) is 158 Å². The normalized spacial score (nSPS) is 16.4. The van der Waals surface area contributed by atoms with Gasteiger partial charge in [0.2, 0.25) is 0 Å². The van der Waals surface area contributed by atoms with Gasteiger partial charge in [-0.05, 0) is 63.5 Å². The molecule has 0 aromatic heterocycles. The monoisotopic (exact) mass is 552 g/mol. The van der Waals surface area contributed by atoms with Crippen LogP contribution in [0.15, 0.2) is 58.7 Å². The van der Waals surface area contributed by atoms with Gasteiger partial charge in [0.1, 0.15) is 6.61 Å². The van der Waals surface area contributed by atoms with E-state index in [1.165, 1.54) is 119 Å². The fourth-order valence-corrected chi connectivity index (χ4v) is 5.68. The maximum absolute atomic E-state index is 12.0. The van der Waals surface area contributed by atoms with Crippen molar-refractivity contribution >= 4 is 5.97 Å². The standard InChI is InChI=1S/C38H64O2/c1-7-8-9-10-11-12-13-14-15-16-17-18-19-20-21-27-37(39)40-32-30-34(3)25-22-24-33(2)28-29-36-35(4)26-23-31-38(36,5)6/h22,24-25,28-30H,7-21,23,26-27,31-32H2,1-6H3/b25-22+,29-28+,33-24+,34-30+. The van der Waals surface area contributed by atoms with Gasteiger partial charge in [0.25, 0.3) is 0 Å². The maximum atomic E-state index is 12.0. The third-order valence-electron chi connectivity index (χ3n) is 8.41. The van der Waals surface area contributed by atoms with Crippen molar-refractivity contribution in [3.63, 3.8) is 0 Å². The molecule has 0 spiro atoms. The zero-order valence-electron chi connectivity index (χ0n) is 27.4. The van der Waals surface area contributed by atoms with E-state index in [4.69, 9.17) is 4.74 Å². The zero-order chi connectivity index (χ0) is 29.5. The van der Waals surface area contributed by atoms with Crippen molar-refractivity contribution in [3.8, 4) is 0 Å². The van der Waals surface area contributed by atoms with E-state index in [1.807, 2.05) is 6.08 Å². The minimum Gasteiger partial charge on any atom is -0.461 e. The van der Waals surface area contributed by atoms with Crippen molar-refractivity contribution < 1.29 is 9.53 Å². The van der Waals surface area contributed by atoms with E-state index < -0.39 is 0 Å². The van der Waals surface area contributed by atoms with Gasteiger partial charge < -0.3 is 4.74 Å². The molecule has 228 valence electrons. The molecule has 0 aliphatic heterocycles. The molecule has 0 fully saturated rings. The number of carbonyl (C=O) groups is 1. The fraction of sp³-hybridized carbons (Fsp3) is 0.711. The zero-order valence-corrected chi connectivity index (χ0v) is 27.4. The molecule has 0 heterocycles. The lowest BCUT2D eigenvalue weighted by Gasteiger charge is -2.32. The highest BCUT2D eigenvalue weighted by Crippen LogP contribution is 2.40. The average Bonchev–Trinajstić information content (AvgIpc) is 2.90. The van der Waals surface area contributed by atoms with Crippen LogP contribution in [0.2, 0.25) is 0 Å². The average molecular weight is 553 g/mol. The summed E-state index contributed by atoms with van der Waals surface area (Å²) >= 11 is 0. The lowest BCUT2D eigenvalue weighted by atomic mass is 9.72. The molecule has 1 rings (SSSR count). The lowest BCUT2D eigenvalue weighted by Crippen LogP contribution is -2.19. The van der Waals surface area contributed by atoms with E-state index >= 15 is 0 Å². The van der Waals surface area contributed by atoms with E-state index in [-0.39, 0.29) is 11.4 Å².